The van der Waals surface area contributed by atoms with Crippen molar-refractivity contribution in [1.29, 1.82) is 0 Å². The van der Waals surface area contributed by atoms with Crippen molar-refractivity contribution in [2.24, 2.45) is 5.92 Å². The van der Waals surface area contributed by atoms with Gasteiger partial charge in [0.15, 0.2) is 0 Å². The molecule has 2 amide bonds. The molecule has 0 atom stereocenters. The summed E-state index contributed by atoms with van der Waals surface area (Å²) in [5, 5.41) is 0. The minimum absolute atomic E-state index is 0.0621. The molecular formula is C26H30N2O3. The number of carbonyl (C=O) groups is 2. The van der Waals surface area contributed by atoms with Gasteiger partial charge in [-0.2, -0.15) is 0 Å². The summed E-state index contributed by atoms with van der Waals surface area (Å²) in [6.45, 7) is 2.19. The molecule has 1 heterocycles. The van der Waals surface area contributed by atoms with Gasteiger partial charge in [0.2, 0.25) is 5.91 Å². The molecule has 3 fully saturated rings. The second-order valence-corrected chi connectivity index (χ2v) is 9.11. The number of amides is 2. The molecule has 0 N–H and O–H groups in total. The summed E-state index contributed by atoms with van der Waals surface area (Å²) in [6, 6.07) is 16.0. The molecular weight excluding hydrogens is 388 g/mol. The molecule has 162 valence electrons. The number of ether oxygens (including phenoxy) is 1. The Morgan fingerprint density at radius 1 is 0.968 bits per heavy atom. The van der Waals surface area contributed by atoms with Crippen LogP contribution in [0.3, 0.4) is 0 Å². The Morgan fingerprint density at radius 3 is 2.29 bits per heavy atom. The molecule has 31 heavy (non-hydrogen) atoms. The van der Waals surface area contributed by atoms with Crippen LogP contribution in [0, 0.1) is 5.92 Å². The fourth-order valence-electron chi connectivity index (χ4n) is 4.39. The zero-order valence-corrected chi connectivity index (χ0v) is 18.0. The van der Waals surface area contributed by atoms with Crippen LogP contribution in [0.2, 0.25) is 0 Å². The highest BCUT2D eigenvalue weighted by Crippen LogP contribution is 2.31. The monoisotopic (exact) mass is 418 g/mol. The molecule has 0 spiro atoms. The number of hydrogen-bond donors (Lipinski definition) is 0. The van der Waals surface area contributed by atoms with Gasteiger partial charge in [-0.25, -0.2) is 0 Å². The molecule has 2 aromatic carbocycles. The van der Waals surface area contributed by atoms with Crippen molar-refractivity contribution < 1.29 is 14.3 Å². The number of nitrogens with zero attached hydrogens (tertiary/aromatic N) is 2. The van der Waals surface area contributed by atoms with Crippen molar-refractivity contribution in [1.82, 2.24) is 4.90 Å². The van der Waals surface area contributed by atoms with Crippen LogP contribution in [0.4, 0.5) is 5.69 Å². The van der Waals surface area contributed by atoms with Gasteiger partial charge in [-0.1, -0.05) is 18.6 Å². The largest absolute Gasteiger partial charge is 0.493 e. The van der Waals surface area contributed by atoms with E-state index in [4.69, 9.17) is 4.74 Å². The average molecular weight is 419 g/mol. The smallest absolute Gasteiger partial charge is 0.254 e. The van der Waals surface area contributed by atoms with Crippen LogP contribution in [0.15, 0.2) is 48.5 Å². The average Bonchev–Trinajstić information content (AvgIpc) is 3.51. The molecule has 0 unspecified atom stereocenters. The van der Waals surface area contributed by atoms with Crippen LogP contribution in [-0.2, 0) is 11.3 Å². The third-order valence-electron chi connectivity index (χ3n) is 6.73. The first-order chi connectivity index (χ1) is 15.2. The van der Waals surface area contributed by atoms with Gasteiger partial charge in [0.05, 0.1) is 6.61 Å². The molecule has 2 saturated carbocycles. The fraction of sp³-hybridized carbons (Fsp3) is 0.462. The number of hydrogen-bond acceptors (Lipinski definition) is 3. The first-order valence-corrected chi connectivity index (χ1v) is 11.6. The lowest BCUT2D eigenvalue weighted by Gasteiger charge is -2.25. The fourth-order valence-corrected chi connectivity index (χ4v) is 4.39. The predicted molar refractivity (Wildman–Crippen MR) is 120 cm³/mol. The van der Waals surface area contributed by atoms with Crippen LogP contribution in [0.1, 0.15) is 60.9 Å². The third-order valence-corrected chi connectivity index (χ3v) is 6.73. The van der Waals surface area contributed by atoms with E-state index in [1.54, 1.807) is 0 Å². The number of anilines is 1. The van der Waals surface area contributed by atoms with Crippen molar-refractivity contribution in [3.8, 4) is 5.75 Å². The third kappa shape index (κ3) is 4.60. The molecule has 5 nitrogen and oxygen atoms in total. The molecule has 5 rings (SSSR count). The lowest BCUT2D eigenvalue weighted by atomic mass is 9.86. The van der Waals surface area contributed by atoms with Crippen LogP contribution < -0.4 is 9.64 Å². The SMILES string of the molecule is O=C1CCCN1c1ccc(C(=O)N(Cc2ccc(OCC3CCC3)cc2)C2CC2)cc1. The van der Waals surface area contributed by atoms with Crippen LogP contribution in [0.5, 0.6) is 5.75 Å². The summed E-state index contributed by atoms with van der Waals surface area (Å²) in [7, 11) is 0. The standard InChI is InChI=1S/C26H30N2O3/c29-25-5-2-16-27(25)22-10-8-21(9-11-22)26(30)28(23-12-13-23)17-19-6-14-24(15-7-19)31-18-20-3-1-4-20/h6-11,14-15,20,23H,1-5,12-13,16-18H2. The maximum atomic E-state index is 13.2. The Balaban J connectivity index is 1.23. The Bertz CT molecular complexity index is 930. The first-order valence-electron chi connectivity index (χ1n) is 11.6. The van der Waals surface area contributed by atoms with Crippen LogP contribution >= 0.6 is 0 Å². The lowest BCUT2D eigenvalue weighted by Crippen LogP contribution is -2.32. The lowest BCUT2D eigenvalue weighted by molar-refractivity contribution is -0.117. The van der Waals surface area contributed by atoms with Gasteiger partial charge in [0, 0.05) is 36.8 Å². The predicted octanol–water partition coefficient (Wildman–Crippen LogP) is 4.80. The Kier molecular flexibility index (Phi) is 5.66. The maximum Gasteiger partial charge on any atom is 0.254 e. The maximum absolute atomic E-state index is 13.2. The zero-order valence-electron chi connectivity index (χ0n) is 18.0. The van der Waals surface area contributed by atoms with E-state index < -0.39 is 0 Å². The van der Waals surface area contributed by atoms with Gasteiger partial charge < -0.3 is 14.5 Å². The topological polar surface area (TPSA) is 49.9 Å². The Labute approximate surface area is 184 Å². The number of benzene rings is 2. The summed E-state index contributed by atoms with van der Waals surface area (Å²) in [5.74, 6) is 1.86. The molecule has 0 bridgehead atoms. The van der Waals surface area contributed by atoms with E-state index in [2.05, 4.69) is 12.1 Å². The van der Waals surface area contributed by atoms with Crippen LogP contribution in [0.25, 0.3) is 0 Å². The highest BCUT2D eigenvalue weighted by molar-refractivity contribution is 5.97. The summed E-state index contributed by atoms with van der Waals surface area (Å²) in [4.78, 5) is 29.0. The van der Waals surface area contributed by atoms with E-state index in [-0.39, 0.29) is 11.8 Å². The highest BCUT2D eigenvalue weighted by Gasteiger charge is 2.33. The second kappa shape index (κ2) is 8.74. The van der Waals surface area contributed by atoms with Crippen molar-refractivity contribution in [3.63, 3.8) is 0 Å². The molecule has 0 aromatic heterocycles. The molecule has 1 aliphatic heterocycles. The molecule has 5 heteroatoms. The molecule has 3 aliphatic rings. The van der Waals surface area contributed by atoms with E-state index in [0.29, 0.717) is 24.6 Å². The van der Waals surface area contributed by atoms with Gasteiger partial charge in [0.1, 0.15) is 5.75 Å². The molecule has 0 radical (unpaired) electrons. The van der Waals surface area contributed by atoms with Crippen molar-refractivity contribution in [3.05, 3.63) is 59.7 Å². The minimum atomic E-state index is 0.0621. The summed E-state index contributed by atoms with van der Waals surface area (Å²) >= 11 is 0. The van der Waals surface area contributed by atoms with Gasteiger partial charge in [-0.15, -0.1) is 0 Å². The van der Waals surface area contributed by atoms with Gasteiger partial charge in [0.25, 0.3) is 5.91 Å². The van der Waals surface area contributed by atoms with Crippen molar-refractivity contribution in [2.45, 2.75) is 57.5 Å². The number of carbonyl (C=O) groups excluding carboxylic acids is 2. The van der Waals surface area contributed by atoms with Gasteiger partial charge in [-0.05, 0) is 80.0 Å². The van der Waals surface area contributed by atoms with E-state index in [1.807, 2.05) is 46.2 Å². The Morgan fingerprint density at radius 2 is 1.71 bits per heavy atom. The molecule has 2 aliphatic carbocycles. The normalized spacial score (nSPS) is 18.7. The first kappa shape index (κ1) is 20.1. The van der Waals surface area contributed by atoms with Gasteiger partial charge >= 0.3 is 0 Å². The minimum Gasteiger partial charge on any atom is -0.493 e. The summed E-state index contributed by atoms with van der Waals surface area (Å²) in [5.41, 5.74) is 2.69. The summed E-state index contributed by atoms with van der Waals surface area (Å²) in [6.07, 6.45) is 7.54. The second-order valence-electron chi connectivity index (χ2n) is 9.11. The van der Waals surface area contributed by atoms with E-state index in [9.17, 15) is 9.59 Å². The quantitative estimate of drug-likeness (QED) is 0.619. The van der Waals surface area contributed by atoms with E-state index >= 15 is 0 Å². The van der Waals surface area contributed by atoms with Crippen LogP contribution in [-0.4, -0.2) is 35.9 Å². The van der Waals surface area contributed by atoms with E-state index in [1.165, 1.54) is 19.3 Å². The number of rotatable bonds is 8. The van der Waals surface area contributed by atoms with Crippen molar-refractivity contribution in [2.75, 3.05) is 18.1 Å². The highest BCUT2D eigenvalue weighted by atomic mass is 16.5. The van der Waals surface area contributed by atoms with Gasteiger partial charge in [-0.3, -0.25) is 9.59 Å². The Hall–Kier alpha value is -2.82. The molecule has 2 aromatic rings. The van der Waals surface area contributed by atoms with Crippen molar-refractivity contribution >= 4 is 17.5 Å². The zero-order chi connectivity index (χ0) is 21.2. The summed E-state index contributed by atoms with van der Waals surface area (Å²) < 4.78 is 5.90. The van der Waals surface area contributed by atoms with E-state index in [0.717, 1.165) is 55.3 Å². The molecule has 1 saturated heterocycles.